The minimum absolute atomic E-state index is 0. The Hall–Kier alpha value is -13.5. The molecule has 0 bridgehead atoms. The van der Waals surface area contributed by atoms with Gasteiger partial charge in [-0.05, 0) is 82.3 Å². The number of fused-ring (bicyclic) bond motifs is 11. The number of aromatic nitrogens is 29. The molecule has 0 atom stereocenters. The van der Waals surface area contributed by atoms with E-state index in [0.29, 0.717) is 111 Å². The first-order valence-electron chi connectivity index (χ1n) is 46.8. The molecule has 733 valence electrons. The largest absolute Gasteiger partial charge is 0.376 e. The van der Waals surface area contributed by atoms with Gasteiger partial charge in [0.2, 0.25) is 0 Å². The highest BCUT2D eigenvalue weighted by Gasteiger charge is 2.26. The third-order valence-electron chi connectivity index (χ3n) is 18.8. The average molecular weight is 1910 g/mol. The van der Waals surface area contributed by atoms with Crippen LogP contribution in [0, 0.1) is 48.8 Å². The summed E-state index contributed by atoms with van der Waals surface area (Å²) in [5.74, 6) is 4.93. The fourth-order valence-corrected chi connectivity index (χ4v) is 13.2. The molecular formula is C98H128B5F6N30O. The van der Waals surface area contributed by atoms with E-state index in [1.54, 1.807) is 69.9 Å². The number of aryl methyl sites for hydroxylation is 9. The maximum absolute atomic E-state index is 13.4. The van der Waals surface area contributed by atoms with Crippen LogP contribution in [0.5, 0.6) is 0 Å². The van der Waals surface area contributed by atoms with Crippen molar-refractivity contribution in [3.05, 3.63) is 245 Å². The molecule has 0 saturated heterocycles. The number of halogens is 6. The van der Waals surface area contributed by atoms with Gasteiger partial charge >= 0.3 is 0 Å². The summed E-state index contributed by atoms with van der Waals surface area (Å²) in [6.45, 7) is 52.5. The second kappa shape index (κ2) is 65.4. The van der Waals surface area contributed by atoms with Gasteiger partial charge in [-0.25, -0.2) is 114 Å². The SMILES string of the molecule is CC.CC.CC.CC.CC.CC.CC.CC.CC.CCc1nc(-c2cncc(F)c2)nc2c3c(nn12)CCCC3.CCc1nc(-c2cncc(F)c2)nc2c3c(nn12)CCNC3.CCc1nc(-c2cncc(F)c2)nc2c3c(nn12)CCOC3.CCc1nc(-c2cncc(F)c2)nn2ccnc12.CCc1nc(C)nc(-c2cncc(F)c2)n1.Cc1nc(-c2cncc(F)c2)nc2ccnn12.[B].[B].[B].[B].[B]. The van der Waals surface area contributed by atoms with E-state index in [-0.39, 0.29) is 47.9 Å². The summed E-state index contributed by atoms with van der Waals surface area (Å²) in [6, 6.07) is 10.1. The molecule has 0 saturated carbocycles. The van der Waals surface area contributed by atoms with Crippen LogP contribution in [0.1, 0.15) is 247 Å². The maximum Gasteiger partial charge on any atom is 0.182 e. The smallest absolute Gasteiger partial charge is 0.182 e. The Labute approximate surface area is 828 Å². The van der Waals surface area contributed by atoms with E-state index in [1.807, 2.05) is 175 Å². The molecule has 42 heteroatoms. The van der Waals surface area contributed by atoms with Crippen molar-refractivity contribution in [3.8, 4) is 68.3 Å². The normalized spacial score (nSPS) is 11.1. The zero-order chi connectivity index (χ0) is 99.2. The molecule has 31 nitrogen and oxygen atoms in total. The van der Waals surface area contributed by atoms with Crippen LogP contribution >= 0.6 is 0 Å². The average Bonchev–Trinajstić information content (AvgIpc) is 1.62. The Balaban J connectivity index is 0.000000809. The molecule has 140 heavy (non-hydrogen) atoms. The van der Waals surface area contributed by atoms with Crippen molar-refractivity contribution in [2.24, 2.45) is 0 Å². The third-order valence-corrected chi connectivity index (χ3v) is 18.8. The second-order valence-electron chi connectivity index (χ2n) is 26.8. The number of hydrogen-bond acceptors (Lipinski definition) is 26. The predicted molar refractivity (Wildman–Crippen MR) is 546 cm³/mol. The molecule has 3 aliphatic rings. The van der Waals surface area contributed by atoms with Gasteiger partial charge in [0.25, 0.3) is 0 Å². The molecule has 19 heterocycles. The fraction of sp³-hybridized carbons (Fsp3) is 0.408. The standard InChI is InChI=1S/C16H16FN5.C15H15FN6.C15H14FN5O.C12H10FN5.C11H8FN5.C11H11FN4.9C2H6.5B/c1-2-14-19-15(10-7-11(17)9-18-8-10)20-16-12-5-3-4-6-13(12)21-22(14)16;1-2-13-19-14(9-5-10(16)7-18-6-9)20-15-11-8-17-4-3-12(11)21-22(13)15;1-2-13-18-14(9-5-10(16)7-17-6-9)19-15-11-8-22-4-3-12(11)20-21(13)15;1-2-10-12-15-3-4-18(12)17-11(16-10)8-5-9(13)7-14-6-8;1-7-15-11(8-4-9(12)6-13-5-8)16-10-2-3-14-17(7)10;1-3-10-14-7(2)15-11(16-10)8-4-9(12)6-13-5-8;9*1-2;;;;;/h7-9H,2-6H2,1H3;5-7,17H,2-4,8H2,1H3;5-7H,2-4,8H2,1H3;3-7H,2H2,1H3;2-6H,1H3;4-6H,3H2,1-2H3;9*1-2H3;;;;;. The summed E-state index contributed by atoms with van der Waals surface area (Å²) in [6.07, 6.45) is 31.0. The van der Waals surface area contributed by atoms with Gasteiger partial charge in [-0.3, -0.25) is 29.9 Å². The van der Waals surface area contributed by atoms with Gasteiger partial charge in [-0.15, -0.1) is 5.10 Å². The summed E-state index contributed by atoms with van der Waals surface area (Å²) in [5, 5.41) is 25.6. The van der Waals surface area contributed by atoms with Crippen LogP contribution in [0.25, 0.3) is 96.6 Å². The predicted octanol–water partition coefficient (Wildman–Crippen LogP) is 19.1. The Morgan fingerprint density at radius 1 is 0.343 bits per heavy atom. The fourth-order valence-electron chi connectivity index (χ4n) is 13.2. The van der Waals surface area contributed by atoms with E-state index in [9.17, 15) is 26.3 Å². The number of pyridine rings is 6. The molecule has 0 spiro atoms. The number of ether oxygens (including phenoxy) is 1. The molecule has 15 radical (unpaired) electrons. The molecule has 0 aromatic carbocycles. The van der Waals surface area contributed by atoms with Crippen LogP contribution in [0.3, 0.4) is 0 Å². The zero-order valence-electron chi connectivity index (χ0n) is 85.3. The van der Waals surface area contributed by atoms with Crippen molar-refractivity contribution in [1.82, 2.24) is 148 Å². The summed E-state index contributed by atoms with van der Waals surface area (Å²) in [5.41, 5.74) is 14.6. The quantitative estimate of drug-likeness (QED) is 0.0928. The number of nitrogens with zero attached hydrogens (tertiary/aromatic N) is 29. The summed E-state index contributed by atoms with van der Waals surface area (Å²) in [4.78, 5) is 80.2. The van der Waals surface area contributed by atoms with Crippen molar-refractivity contribution in [3.63, 3.8) is 0 Å². The van der Waals surface area contributed by atoms with E-state index in [2.05, 4.69) is 126 Å². The van der Waals surface area contributed by atoms with Crippen LogP contribution < -0.4 is 5.32 Å². The van der Waals surface area contributed by atoms with E-state index in [4.69, 9.17) is 4.74 Å². The van der Waals surface area contributed by atoms with E-state index >= 15 is 0 Å². The number of hydrogen-bond donors (Lipinski definition) is 1. The summed E-state index contributed by atoms with van der Waals surface area (Å²) in [7, 11) is 0. The summed E-state index contributed by atoms with van der Waals surface area (Å²) >= 11 is 0. The highest BCUT2D eigenvalue weighted by atomic mass is 19.1. The van der Waals surface area contributed by atoms with Crippen LogP contribution in [0.2, 0.25) is 0 Å². The maximum atomic E-state index is 13.4. The number of imidazole rings is 1. The lowest BCUT2D eigenvalue weighted by Crippen LogP contribution is -2.23. The second-order valence-corrected chi connectivity index (χ2v) is 26.8. The monoisotopic (exact) mass is 1910 g/mol. The Morgan fingerprint density at radius 3 is 1.13 bits per heavy atom. The molecule has 17 aromatic heterocycles. The van der Waals surface area contributed by atoms with Crippen LogP contribution in [0.4, 0.5) is 26.3 Å². The number of rotatable bonds is 11. The topological polar surface area (TPSA) is 353 Å². The Morgan fingerprint density at radius 2 is 0.721 bits per heavy atom. The molecule has 0 amide bonds. The zero-order valence-corrected chi connectivity index (χ0v) is 85.3. The minimum Gasteiger partial charge on any atom is -0.376 e. The lowest BCUT2D eigenvalue weighted by molar-refractivity contribution is 0.111. The van der Waals surface area contributed by atoms with E-state index < -0.39 is 29.1 Å². The molecule has 20 rings (SSSR count). The third kappa shape index (κ3) is 32.6. The minimum atomic E-state index is -0.405. The molecule has 2 aliphatic heterocycles. The molecule has 1 aliphatic carbocycles. The van der Waals surface area contributed by atoms with E-state index in [0.717, 1.165) is 170 Å². The van der Waals surface area contributed by atoms with Crippen molar-refractivity contribution in [1.29, 1.82) is 0 Å². The lowest BCUT2D eigenvalue weighted by atomic mass is 9.98. The highest BCUT2D eigenvalue weighted by molar-refractivity contribution is 5.76. The van der Waals surface area contributed by atoms with Gasteiger partial charge < -0.3 is 10.1 Å². The van der Waals surface area contributed by atoms with Crippen LogP contribution in [0.15, 0.2) is 135 Å². The first-order chi connectivity index (χ1) is 66.0. The first kappa shape index (κ1) is 124. The van der Waals surface area contributed by atoms with Crippen molar-refractivity contribution >= 4 is 70.3 Å². The Kier molecular flexibility index (Phi) is 58.1. The molecular weight excluding hydrogens is 1780 g/mol. The van der Waals surface area contributed by atoms with Gasteiger partial charge in [0, 0.05) is 199 Å². The summed E-state index contributed by atoms with van der Waals surface area (Å²) < 4.78 is 93.7. The van der Waals surface area contributed by atoms with Crippen molar-refractivity contribution < 1.29 is 31.1 Å². The van der Waals surface area contributed by atoms with Crippen LogP contribution in [-0.4, -0.2) is 198 Å². The first-order valence-corrected chi connectivity index (χ1v) is 46.8. The van der Waals surface area contributed by atoms with Crippen molar-refractivity contribution in [2.75, 3.05) is 13.2 Å². The van der Waals surface area contributed by atoms with Gasteiger partial charge in [0.05, 0.1) is 79.4 Å². The van der Waals surface area contributed by atoms with Gasteiger partial charge in [-0.1, -0.05) is 159 Å². The van der Waals surface area contributed by atoms with Gasteiger partial charge in [-0.2, -0.15) is 20.4 Å². The molecule has 1 N–H and O–H groups in total. The number of nitrogens with one attached hydrogen (secondary N) is 1. The lowest BCUT2D eigenvalue weighted by Gasteiger charge is -2.10. The molecule has 17 aromatic rings. The van der Waals surface area contributed by atoms with Crippen molar-refractivity contribution in [2.45, 2.75) is 257 Å². The Bertz CT molecular complexity index is 6170. The molecule has 0 unspecified atom stereocenters. The molecule has 0 fully saturated rings. The van der Waals surface area contributed by atoms with Gasteiger partial charge in [0.1, 0.15) is 69.8 Å². The van der Waals surface area contributed by atoms with E-state index in [1.165, 1.54) is 73.2 Å². The van der Waals surface area contributed by atoms with Crippen LogP contribution in [-0.2, 0) is 75.7 Å². The van der Waals surface area contributed by atoms with Gasteiger partial charge in [0.15, 0.2) is 63.2 Å². The highest BCUT2D eigenvalue weighted by Crippen LogP contribution is 2.30.